The monoisotopic (exact) mass is 320 g/mol. The van der Waals surface area contributed by atoms with Gasteiger partial charge in [-0.3, -0.25) is 0 Å². The highest BCUT2D eigenvalue weighted by Gasteiger charge is 2.15. The third-order valence-electron chi connectivity index (χ3n) is 3.33. The van der Waals surface area contributed by atoms with E-state index in [9.17, 15) is 8.78 Å². The lowest BCUT2D eigenvalue weighted by Gasteiger charge is -2.11. The summed E-state index contributed by atoms with van der Waals surface area (Å²) in [6.45, 7) is 1.80. The molecule has 0 saturated heterocycles. The van der Waals surface area contributed by atoms with Gasteiger partial charge < -0.3 is 4.74 Å². The molecule has 0 saturated carbocycles. The molecule has 0 fully saturated rings. The van der Waals surface area contributed by atoms with E-state index in [0.29, 0.717) is 28.0 Å². The van der Waals surface area contributed by atoms with Crippen LogP contribution in [0.15, 0.2) is 30.3 Å². The third-order valence-corrected chi connectivity index (χ3v) is 3.53. The van der Waals surface area contributed by atoms with Crippen molar-refractivity contribution in [3.05, 3.63) is 52.8 Å². The van der Waals surface area contributed by atoms with Gasteiger partial charge in [0.25, 0.3) is 0 Å². The van der Waals surface area contributed by atoms with E-state index in [2.05, 4.69) is 9.97 Å². The lowest BCUT2D eigenvalue weighted by atomic mass is 10.1. The number of ether oxygens (including phenoxy) is 1. The summed E-state index contributed by atoms with van der Waals surface area (Å²) in [5, 5.41) is 0.764. The number of nitrogens with zero attached hydrogens (tertiary/aromatic N) is 2. The predicted molar refractivity (Wildman–Crippen MR) is 81.2 cm³/mol. The van der Waals surface area contributed by atoms with E-state index in [1.54, 1.807) is 19.1 Å². The van der Waals surface area contributed by atoms with E-state index < -0.39 is 11.6 Å². The van der Waals surface area contributed by atoms with Crippen LogP contribution in [0.3, 0.4) is 0 Å². The summed E-state index contributed by atoms with van der Waals surface area (Å²) in [7, 11) is 1.53. The van der Waals surface area contributed by atoms with Crippen molar-refractivity contribution in [2.24, 2.45) is 0 Å². The van der Waals surface area contributed by atoms with Crippen LogP contribution in [0.4, 0.5) is 8.78 Å². The Labute approximate surface area is 130 Å². The third kappa shape index (κ3) is 2.48. The van der Waals surface area contributed by atoms with Gasteiger partial charge in [-0.15, -0.1) is 0 Å². The summed E-state index contributed by atoms with van der Waals surface area (Å²) in [5.74, 6) is -0.810. The Balaban J connectivity index is 2.37. The molecule has 0 atom stereocenters. The Morgan fingerprint density at radius 2 is 1.86 bits per heavy atom. The van der Waals surface area contributed by atoms with Crippen molar-refractivity contribution in [3.8, 4) is 17.0 Å². The summed E-state index contributed by atoms with van der Waals surface area (Å²) >= 11 is 6.00. The van der Waals surface area contributed by atoms with E-state index in [1.807, 2.05) is 0 Å². The fourth-order valence-corrected chi connectivity index (χ4v) is 2.50. The lowest BCUT2D eigenvalue weighted by molar-refractivity contribution is 0.410. The van der Waals surface area contributed by atoms with Crippen molar-refractivity contribution in [1.29, 1.82) is 0 Å². The van der Waals surface area contributed by atoms with Gasteiger partial charge in [-0.2, -0.15) is 0 Å². The van der Waals surface area contributed by atoms with Gasteiger partial charge in [-0.05, 0) is 25.1 Å². The Morgan fingerprint density at radius 1 is 1.09 bits per heavy atom. The van der Waals surface area contributed by atoms with Crippen LogP contribution < -0.4 is 4.74 Å². The summed E-state index contributed by atoms with van der Waals surface area (Å²) < 4.78 is 32.4. The number of pyridine rings is 2. The molecule has 6 heteroatoms. The highest BCUT2D eigenvalue weighted by molar-refractivity contribution is 6.30. The molecule has 3 nitrogen and oxygen atoms in total. The smallest absolute Gasteiger partial charge is 0.140 e. The van der Waals surface area contributed by atoms with Crippen molar-refractivity contribution in [2.45, 2.75) is 6.92 Å². The van der Waals surface area contributed by atoms with Crippen LogP contribution in [0.5, 0.6) is 5.75 Å². The number of hydrogen-bond donors (Lipinski definition) is 0. The van der Waals surface area contributed by atoms with Crippen LogP contribution in [0.25, 0.3) is 22.2 Å². The summed E-state index contributed by atoms with van der Waals surface area (Å²) in [5.41, 5.74) is 1.70. The Bertz CT molecular complexity index is 884. The van der Waals surface area contributed by atoms with Gasteiger partial charge in [-0.1, -0.05) is 11.6 Å². The molecule has 3 rings (SSSR count). The number of fused-ring (bicyclic) bond motifs is 1. The van der Waals surface area contributed by atoms with E-state index >= 15 is 0 Å². The summed E-state index contributed by atoms with van der Waals surface area (Å²) in [6, 6.07) is 6.62. The quantitative estimate of drug-likeness (QED) is 0.650. The standard InChI is InChI=1S/C16H11ClF2N2O/c1-8-14(22-2)6-11-13(20-8)7-15(17)21-16(11)10-4-3-9(18)5-12(10)19/h3-7H,1-2H3. The number of methoxy groups -OCH3 is 1. The van der Waals surface area contributed by atoms with E-state index in [4.69, 9.17) is 16.3 Å². The fraction of sp³-hybridized carbons (Fsp3) is 0.125. The number of aryl methyl sites for hydroxylation is 1. The Kier molecular flexibility index (Phi) is 3.66. The molecule has 2 heterocycles. The molecule has 112 valence electrons. The Morgan fingerprint density at radius 3 is 2.55 bits per heavy atom. The number of benzene rings is 1. The van der Waals surface area contributed by atoms with Crippen LogP contribution in [0.1, 0.15) is 5.69 Å². The van der Waals surface area contributed by atoms with E-state index in [0.717, 1.165) is 6.07 Å². The van der Waals surface area contributed by atoms with Crippen LogP contribution in [-0.4, -0.2) is 17.1 Å². The normalized spacial score (nSPS) is 11.0. The first-order chi connectivity index (χ1) is 10.5. The molecule has 0 N–H and O–H groups in total. The fourth-order valence-electron chi connectivity index (χ4n) is 2.31. The molecule has 22 heavy (non-hydrogen) atoms. The van der Waals surface area contributed by atoms with Crippen molar-refractivity contribution >= 4 is 22.5 Å². The highest BCUT2D eigenvalue weighted by atomic mass is 35.5. The number of aromatic nitrogens is 2. The van der Waals surface area contributed by atoms with Crippen LogP contribution in [0.2, 0.25) is 5.15 Å². The topological polar surface area (TPSA) is 35.0 Å². The molecule has 1 aromatic carbocycles. The zero-order valence-corrected chi connectivity index (χ0v) is 12.6. The first-order valence-electron chi connectivity index (χ1n) is 6.47. The minimum Gasteiger partial charge on any atom is -0.495 e. The van der Waals surface area contributed by atoms with Gasteiger partial charge in [0.1, 0.15) is 22.5 Å². The molecule has 0 bridgehead atoms. The maximum absolute atomic E-state index is 14.1. The van der Waals surface area contributed by atoms with Crippen LogP contribution >= 0.6 is 11.6 Å². The first kappa shape index (κ1) is 14.7. The second kappa shape index (κ2) is 5.50. The molecular weight excluding hydrogens is 310 g/mol. The molecule has 3 aromatic rings. The van der Waals surface area contributed by atoms with Gasteiger partial charge in [0.2, 0.25) is 0 Å². The maximum Gasteiger partial charge on any atom is 0.140 e. The van der Waals surface area contributed by atoms with Crippen molar-refractivity contribution in [3.63, 3.8) is 0 Å². The van der Waals surface area contributed by atoms with Gasteiger partial charge in [-0.25, -0.2) is 18.7 Å². The summed E-state index contributed by atoms with van der Waals surface area (Å²) in [6.07, 6.45) is 0. The minimum absolute atomic E-state index is 0.154. The van der Waals surface area contributed by atoms with Crippen molar-refractivity contribution < 1.29 is 13.5 Å². The highest BCUT2D eigenvalue weighted by Crippen LogP contribution is 2.33. The molecular formula is C16H11ClF2N2O. The molecule has 0 unspecified atom stereocenters. The van der Waals surface area contributed by atoms with Crippen molar-refractivity contribution in [1.82, 2.24) is 9.97 Å². The van der Waals surface area contributed by atoms with Gasteiger partial charge in [0.15, 0.2) is 0 Å². The zero-order chi connectivity index (χ0) is 15.9. The molecule has 0 aliphatic heterocycles. The maximum atomic E-state index is 14.1. The zero-order valence-electron chi connectivity index (χ0n) is 11.8. The molecule has 0 spiro atoms. The molecule has 2 aromatic heterocycles. The van der Waals surface area contributed by atoms with Gasteiger partial charge in [0.05, 0.1) is 24.0 Å². The van der Waals surface area contributed by atoms with E-state index in [-0.39, 0.29) is 10.7 Å². The number of halogens is 3. The minimum atomic E-state index is -0.712. The second-order valence-electron chi connectivity index (χ2n) is 4.76. The SMILES string of the molecule is COc1cc2c(-c3ccc(F)cc3F)nc(Cl)cc2nc1C. The summed E-state index contributed by atoms with van der Waals surface area (Å²) in [4.78, 5) is 8.57. The largest absolute Gasteiger partial charge is 0.495 e. The molecule has 0 aliphatic carbocycles. The van der Waals surface area contributed by atoms with Crippen LogP contribution in [-0.2, 0) is 0 Å². The van der Waals surface area contributed by atoms with Gasteiger partial charge >= 0.3 is 0 Å². The lowest BCUT2D eigenvalue weighted by Crippen LogP contribution is -1.96. The Hall–Kier alpha value is -2.27. The van der Waals surface area contributed by atoms with Crippen molar-refractivity contribution in [2.75, 3.05) is 7.11 Å². The molecule has 0 amide bonds. The number of hydrogen-bond acceptors (Lipinski definition) is 3. The van der Waals surface area contributed by atoms with Gasteiger partial charge in [0, 0.05) is 23.1 Å². The average molecular weight is 321 g/mol. The average Bonchev–Trinajstić information content (AvgIpc) is 2.46. The first-order valence-corrected chi connectivity index (χ1v) is 6.84. The second-order valence-corrected chi connectivity index (χ2v) is 5.15. The molecule has 0 aliphatic rings. The number of rotatable bonds is 2. The van der Waals surface area contributed by atoms with Crippen LogP contribution in [0, 0.1) is 18.6 Å². The molecule has 0 radical (unpaired) electrons. The van der Waals surface area contributed by atoms with E-state index in [1.165, 1.54) is 19.2 Å². The predicted octanol–water partition coefficient (Wildman–Crippen LogP) is 4.55.